The van der Waals surface area contributed by atoms with Gasteiger partial charge in [-0.1, -0.05) is 36.8 Å². The second-order valence-electron chi connectivity index (χ2n) is 6.31. The van der Waals surface area contributed by atoms with Gasteiger partial charge in [0, 0.05) is 6.42 Å². The van der Waals surface area contributed by atoms with Crippen LogP contribution >= 0.6 is 0 Å². The molecule has 0 bridgehead atoms. The number of methoxy groups -OCH3 is 1. The normalized spacial score (nSPS) is 10.0. The highest BCUT2D eigenvalue weighted by Gasteiger charge is 2.01. The first-order valence-corrected chi connectivity index (χ1v) is 9.55. The van der Waals surface area contributed by atoms with Crippen molar-refractivity contribution < 1.29 is 14.6 Å². The molecular weight excluding hydrogens is 374 g/mol. The largest absolute Gasteiger partial charge is 0.508 e. The van der Waals surface area contributed by atoms with Crippen LogP contribution in [0.1, 0.15) is 24.5 Å². The van der Waals surface area contributed by atoms with Gasteiger partial charge in [-0.25, -0.2) is 4.99 Å². The minimum Gasteiger partial charge on any atom is -0.508 e. The van der Waals surface area contributed by atoms with Gasteiger partial charge in [-0.15, -0.1) is 12.8 Å². The number of aryl methyl sites for hydroxylation is 2. The number of phenols is 1. The number of hydrogen-bond acceptors (Lipinski definition) is 4. The van der Waals surface area contributed by atoms with E-state index in [-0.39, 0.29) is 5.75 Å². The summed E-state index contributed by atoms with van der Waals surface area (Å²) in [4.78, 5) is 4.54. The Labute approximate surface area is 179 Å². The van der Waals surface area contributed by atoms with Crippen molar-refractivity contribution in [3.8, 4) is 30.1 Å². The Morgan fingerprint density at radius 2 is 1.50 bits per heavy atom. The number of aliphatic imine (C=N–C) groups is 1. The summed E-state index contributed by atoms with van der Waals surface area (Å²) in [5, 5.41) is 8.80. The van der Waals surface area contributed by atoms with Crippen LogP contribution in [0.25, 0.3) is 0 Å². The molecular formula is C26H29NO3. The Bertz CT molecular complexity index is 926. The Morgan fingerprint density at radius 1 is 0.867 bits per heavy atom. The predicted octanol–water partition coefficient (Wildman–Crippen LogP) is 6.47. The Hall–Kier alpha value is -3.71. The SMILES string of the molecule is C#C.CCC(=Nc1ccc(C)cc1)Oc1cccc(C)c1.COc1ccc(O)cc1. The molecule has 4 heteroatoms. The number of benzene rings is 3. The Balaban J connectivity index is 0.000000342. The molecule has 0 aliphatic heterocycles. The molecule has 0 aromatic heterocycles. The van der Waals surface area contributed by atoms with Crippen LogP contribution in [0.2, 0.25) is 0 Å². The third-order valence-electron chi connectivity index (χ3n) is 3.89. The lowest BCUT2D eigenvalue weighted by atomic mass is 10.2. The fourth-order valence-electron chi connectivity index (χ4n) is 2.33. The van der Waals surface area contributed by atoms with Crippen molar-refractivity contribution in [3.63, 3.8) is 0 Å². The van der Waals surface area contributed by atoms with Gasteiger partial charge in [0.05, 0.1) is 12.8 Å². The highest BCUT2D eigenvalue weighted by molar-refractivity contribution is 5.81. The fourth-order valence-corrected chi connectivity index (χ4v) is 2.33. The number of phenolic OH excluding ortho intramolecular Hbond substituents is 1. The first-order chi connectivity index (χ1) is 14.5. The maximum atomic E-state index is 8.80. The van der Waals surface area contributed by atoms with E-state index >= 15 is 0 Å². The van der Waals surface area contributed by atoms with Crippen LogP contribution in [0, 0.1) is 26.7 Å². The van der Waals surface area contributed by atoms with E-state index in [9.17, 15) is 0 Å². The maximum Gasteiger partial charge on any atom is 0.194 e. The molecule has 1 N–H and O–H groups in total. The average Bonchev–Trinajstić information content (AvgIpc) is 2.77. The molecule has 0 aliphatic rings. The van der Waals surface area contributed by atoms with Gasteiger partial charge >= 0.3 is 0 Å². The van der Waals surface area contributed by atoms with E-state index < -0.39 is 0 Å². The number of rotatable bonds is 4. The molecule has 30 heavy (non-hydrogen) atoms. The van der Waals surface area contributed by atoms with Crippen molar-refractivity contribution in [2.45, 2.75) is 27.2 Å². The summed E-state index contributed by atoms with van der Waals surface area (Å²) < 4.78 is 10.7. The van der Waals surface area contributed by atoms with E-state index in [1.54, 1.807) is 31.4 Å². The predicted molar refractivity (Wildman–Crippen MR) is 125 cm³/mol. The van der Waals surface area contributed by atoms with E-state index in [2.05, 4.69) is 49.9 Å². The molecule has 0 saturated heterocycles. The molecule has 0 unspecified atom stereocenters. The number of terminal acetylenes is 1. The van der Waals surface area contributed by atoms with Gasteiger partial charge in [0.25, 0.3) is 0 Å². The Morgan fingerprint density at radius 3 is 2.03 bits per heavy atom. The van der Waals surface area contributed by atoms with Crippen molar-refractivity contribution in [1.29, 1.82) is 0 Å². The molecule has 0 radical (unpaired) electrons. The molecule has 156 valence electrons. The summed E-state index contributed by atoms with van der Waals surface area (Å²) in [6.07, 6.45) is 8.77. The number of aromatic hydroxyl groups is 1. The fraction of sp³-hybridized carbons (Fsp3) is 0.192. The molecule has 0 amide bonds. The minimum absolute atomic E-state index is 0.260. The molecule has 0 aliphatic carbocycles. The van der Waals surface area contributed by atoms with Crippen LogP contribution < -0.4 is 9.47 Å². The molecule has 0 atom stereocenters. The van der Waals surface area contributed by atoms with Gasteiger partial charge < -0.3 is 14.6 Å². The lowest BCUT2D eigenvalue weighted by Crippen LogP contribution is -2.06. The molecule has 4 nitrogen and oxygen atoms in total. The van der Waals surface area contributed by atoms with Gasteiger partial charge in [-0.05, 0) is 67.9 Å². The highest BCUT2D eigenvalue weighted by atomic mass is 16.5. The summed E-state index contributed by atoms with van der Waals surface area (Å²) in [5.74, 6) is 2.59. The smallest absolute Gasteiger partial charge is 0.194 e. The molecule has 0 heterocycles. The van der Waals surface area contributed by atoms with Crippen LogP contribution in [-0.2, 0) is 0 Å². The van der Waals surface area contributed by atoms with Crippen LogP contribution in [0.4, 0.5) is 5.69 Å². The van der Waals surface area contributed by atoms with Gasteiger partial charge in [-0.3, -0.25) is 0 Å². The summed E-state index contributed by atoms with van der Waals surface area (Å²) >= 11 is 0. The number of ether oxygens (including phenoxy) is 2. The lowest BCUT2D eigenvalue weighted by Gasteiger charge is -2.08. The van der Waals surface area contributed by atoms with Crippen LogP contribution in [0.5, 0.6) is 17.2 Å². The quantitative estimate of drug-likeness (QED) is 0.308. The standard InChI is InChI=1S/C17H19NO.C7H8O2.C2H2/c1-4-17(18-15-10-8-13(2)9-11-15)19-16-7-5-6-14(3)12-16;1-9-7-4-2-6(8)3-5-7;1-2/h5-12H,4H2,1-3H3;2-5,8H,1H3;1-2H. The van der Waals surface area contributed by atoms with Gasteiger partial charge in [-0.2, -0.15) is 0 Å². The van der Waals surface area contributed by atoms with Crippen molar-refractivity contribution >= 4 is 11.6 Å². The van der Waals surface area contributed by atoms with E-state index in [1.807, 2.05) is 37.3 Å². The zero-order valence-electron chi connectivity index (χ0n) is 18.0. The summed E-state index contributed by atoms with van der Waals surface area (Å²) in [7, 11) is 1.59. The molecule has 0 saturated carbocycles. The van der Waals surface area contributed by atoms with Crippen molar-refractivity contribution in [3.05, 3.63) is 83.9 Å². The van der Waals surface area contributed by atoms with Crippen molar-refractivity contribution in [1.82, 2.24) is 0 Å². The highest BCUT2D eigenvalue weighted by Crippen LogP contribution is 2.17. The summed E-state index contributed by atoms with van der Waals surface area (Å²) in [6, 6.07) is 22.7. The van der Waals surface area contributed by atoms with E-state index in [1.165, 1.54) is 11.1 Å². The van der Waals surface area contributed by atoms with E-state index in [0.717, 1.165) is 29.5 Å². The molecule has 0 spiro atoms. The van der Waals surface area contributed by atoms with Gasteiger partial charge in [0.15, 0.2) is 5.90 Å². The first kappa shape index (κ1) is 24.3. The van der Waals surface area contributed by atoms with Crippen LogP contribution in [0.3, 0.4) is 0 Å². The van der Waals surface area contributed by atoms with Crippen molar-refractivity contribution in [2.24, 2.45) is 4.99 Å². The first-order valence-electron chi connectivity index (χ1n) is 9.55. The van der Waals surface area contributed by atoms with Gasteiger partial charge in [0.1, 0.15) is 17.2 Å². The van der Waals surface area contributed by atoms with E-state index in [0.29, 0.717) is 0 Å². The monoisotopic (exact) mass is 403 g/mol. The third kappa shape index (κ3) is 8.99. The van der Waals surface area contributed by atoms with Gasteiger partial charge in [0.2, 0.25) is 0 Å². The average molecular weight is 404 g/mol. The lowest BCUT2D eigenvalue weighted by molar-refractivity contribution is 0.412. The molecule has 3 aromatic carbocycles. The summed E-state index contributed by atoms with van der Waals surface area (Å²) in [5.41, 5.74) is 3.34. The zero-order valence-corrected chi connectivity index (χ0v) is 18.0. The van der Waals surface area contributed by atoms with Crippen LogP contribution in [0.15, 0.2) is 77.8 Å². The molecule has 0 fully saturated rings. The summed E-state index contributed by atoms with van der Waals surface area (Å²) in [6.45, 7) is 6.16. The maximum absolute atomic E-state index is 8.80. The number of hydrogen-bond donors (Lipinski definition) is 1. The zero-order chi connectivity index (χ0) is 22.4. The van der Waals surface area contributed by atoms with Crippen molar-refractivity contribution in [2.75, 3.05) is 7.11 Å². The second kappa shape index (κ2) is 13.5. The molecule has 3 aromatic rings. The minimum atomic E-state index is 0.260. The van der Waals surface area contributed by atoms with Crippen LogP contribution in [-0.4, -0.2) is 18.1 Å². The van der Waals surface area contributed by atoms with E-state index in [4.69, 9.17) is 14.6 Å². The number of nitrogens with zero attached hydrogens (tertiary/aromatic N) is 1. The Kier molecular flexibility index (Phi) is 10.9. The third-order valence-corrected chi connectivity index (χ3v) is 3.89. The second-order valence-corrected chi connectivity index (χ2v) is 6.31. The topological polar surface area (TPSA) is 51.0 Å². The molecule has 3 rings (SSSR count).